The lowest BCUT2D eigenvalue weighted by Crippen LogP contribution is -2.03. The number of hydrogen-bond donors (Lipinski definition) is 2. The van der Waals surface area contributed by atoms with E-state index in [0.29, 0.717) is 0 Å². The van der Waals surface area contributed by atoms with Gasteiger partial charge in [-0.3, -0.25) is 0 Å². The molecule has 3 N–H and O–H groups in total. The maximum Gasteiger partial charge on any atom is 0.232 e. The Hall–Kier alpha value is -2.31. The lowest BCUT2D eigenvalue weighted by Gasteiger charge is -2.05. The van der Waals surface area contributed by atoms with Crippen molar-refractivity contribution in [1.29, 1.82) is 0 Å². The second-order valence-electron chi connectivity index (χ2n) is 2.92. The lowest BCUT2D eigenvalue weighted by molar-refractivity contribution is 0.586. The van der Waals surface area contributed by atoms with Crippen LogP contribution < -0.4 is 11.1 Å². The maximum atomic E-state index is 13.2. The van der Waals surface area contributed by atoms with Crippen LogP contribution in [0.5, 0.6) is 0 Å². The van der Waals surface area contributed by atoms with Gasteiger partial charge in [-0.25, -0.2) is 18.7 Å². The van der Waals surface area contributed by atoms with E-state index in [4.69, 9.17) is 5.73 Å². The van der Waals surface area contributed by atoms with Crippen molar-refractivity contribution < 1.29 is 8.78 Å². The van der Waals surface area contributed by atoms with Crippen molar-refractivity contribution >= 4 is 17.6 Å². The summed E-state index contributed by atoms with van der Waals surface area (Å²) in [4.78, 5) is 11.0. The van der Waals surface area contributed by atoms with Gasteiger partial charge in [0.25, 0.3) is 0 Å². The standard InChI is InChI=1S/C9H7F2N5/c10-5-1-2-7(6(11)3-5)15-9-14-4-13-8(12)16-9/h1-4H,(H3,12,13,14,15,16). The van der Waals surface area contributed by atoms with Crippen molar-refractivity contribution in [2.45, 2.75) is 0 Å². The summed E-state index contributed by atoms with van der Waals surface area (Å²) in [6, 6.07) is 3.12. The SMILES string of the molecule is Nc1ncnc(Nc2ccc(F)cc2F)n1. The van der Waals surface area contributed by atoms with Crippen LogP contribution in [0.2, 0.25) is 0 Å². The molecule has 0 aliphatic rings. The third-order valence-electron chi connectivity index (χ3n) is 1.77. The molecular weight excluding hydrogens is 216 g/mol. The van der Waals surface area contributed by atoms with Gasteiger partial charge < -0.3 is 11.1 Å². The number of nitrogens with zero attached hydrogens (tertiary/aromatic N) is 3. The van der Waals surface area contributed by atoms with Crippen molar-refractivity contribution in [2.24, 2.45) is 0 Å². The van der Waals surface area contributed by atoms with Crippen molar-refractivity contribution in [3.63, 3.8) is 0 Å². The van der Waals surface area contributed by atoms with Gasteiger partial charge >= 0.3 is 0 Å². The highest BCUT2D eigenvalue weighted by atomic mass is 19.1. The molecule has 82 valence electrons. The van der Waals surface area contributed by atoms with Gasteiger partial charge in [-0.15, -0.1) is 0 Å². The zero-order valence-electron chi connectivity index (χ0n) is 7.98. The second kappa shape index (κ2) is 4.05. The summed E-state index contributed by atoms with van der Waals surface area (Å²) in [5, 5.41) is 2.56. The van der Waals surface area contributed by atoms with Gasteiger partial charge in [-0.2, -0.15) is 4.98 Å². The van der Waals surface area contributed by atoms with E-state index < -0.39 is 11.6 Å². The molecule has 0 spiro atoms. The number of nitrogens with one attached hydrogen (secondary N) is 1. The minimum atomic E-state index is -0.737. The zero-order chi connectivity index (χ0) is 11.5. The first-order valence-corrected chi connectivity index (χ1v) is 4.32. The molecular formula is C9H7F2N5. The van der Waals surface area contributed by atoms with Gasteiger partial charge in [0.1, 0.15) is 18.0 Å². The Bertz CT molecular complexity index is 517. The summed E-state index contributed by atoms with van der Waals surface area (Å²) < 4.78 is 25.9. The highest BCUT2D eigenvalue weighted by Crippen LogP contribution is 2.17. The molecule has 16 heavy (non-hydrogen) atoms. The molecule has 1 aromatic carbocycles. The van der Waals surface area contributed by atoms with Gasteiger partial charge in [0.05, 0.1) is 5.69 Å². The normalized spacial score (nSPS) is 10.1. The monoisotopic (exact) mass is 223 g/mol. The number of nitrogen functional groups attached to an aromatic ring is 1. The number of benzene rings is 1. The van der Waals surface area contributed by atoms with Crippen molar-refractivity contribution in [3.8, 4) is 0 Å². The van der Waals surface area contributed by atoms with Gasteiger partial charge in [-0.1, -0.05) is 0 Å². The van der Waals surface area contributed by atoms with E-state index in [0.717, 1.165) is 12.1 Å². The molecule has 0 amide bonds. The van der Waals surface area contributed by atoms with E-state index in [2.05, 4.69) is 20.3 Å². The van der Waals surface area contributed by atoms with Crippen LogP contribution in [0.4, 0.5) is 26.4 Å². The molecule has 1 heterocycles. The third-order valence-corrected chi connectivity index (χ3v) is 1.77. The van der Waals surface area contributed by atoms with Gasteiger partial charge in [0.15, 0.2) is 0 Å². The average Bonchev–Trinajstić information content (AvgIpc) is 2.22. The summed E-state index contributed by atoms with van der Waals surface area (Å²) in [6.45, 7) is 0. The van der Waals surface area contributed by atoms with E-state index in [9.17, 15) is 8.78 Å². The predicted molar refractivity (Wildman–Crippen MR) is 53.9 cm³/mol. The highest BCUT2D eigenvalue weighted by molar-refractivity contribution is 5.54. The Balaban J connectivity index is 2.27. The van der Waals surface area contributed by atoms with Crippen LogP contribution in [0.1, 0.15) is 0 Å². The van der Waals surface area contributed by atoms with E-state index in [1.54, 1.807) is 0 Å². The first kappa shape index (κ1) is 10.2. The molecule has 0 aliphatic heterocycles. The number of rotatable bonds is 2. The minimum absolute atomic E-state index is 0.0139. The van der Waals surface area contributed by atoms with Crippen LogP contribution in [0.25, 0.3) is 0 Å². The van der Waals surface area contributed by atoms with Crippen LogP contribution >= 0.6 is 0 Å². The Labute approximate surface area is 89.4 Å². The predicted octanol–water partition coefficient (Wildman–Crippen LogP) is 1.48. The molecule has 0 unspecified atom stereocenters. The smallest absolute Gasteiger partial charge is 0.232 e. The first-order chi connectivity index (χ1) is 7.65. The van der Waals surface area contributed by atoms with Gasteiger partial charge in [0.2, 0.25) is 11.9 Å². The molecule has 0 saturated carbocycles. The van der Waals surface area contributed by atoms with E-state index >= 15 is 0 Å². The van der Waals surface area contributed by atoms with E-state index in [1.165, 1.54) is 12.4 Å². The molecule has 0 saturated heterocycles. The third kappa shape index (κ3) is 2.19. The Morgan fingerprint density at radius 3 is 2.69 bits per heavy atom. The second-order valence-corrected chi connectivity index (χ2v) is 2.92. The quantitative estimate of drug-likeness (QED) is 0.806. The molecule has 0 fully saturated rings. The molecule has 0 radical (unpaired) electrons. The van der Waals surface area contributed by atoms with Crippen LogP contribution in [-0.2, 0) is 0 Å². The van der Waals surface area contributed by atoms with Gasteiger partial charge in [0, 0.05) is 6.07 Å². The molecule has 5 nitrogen and oxygen atoms in total. The molecule has 7 heteroatoms. The number of hydrogen-bond acceptors (Lipinski definition) is 5. The Morgan fingerprint density at radius 1 is 1.19 bits per heavy atom. The highest BCUT2D eigenvalue weighted by Gasteiger charge is 2.05. The summed E-state index contributed by atoms with van der Waals surface area (Å²) in [5.41, 5.74) is 5.38. The first-order valence-electron chi connectivity index (χ1n) is 4.32. The Kier molecular flexibility index (Phi) is 2.59. The molecule has 0 atom stereocenters. The van der Waals surface area contributed by atoms with E-state index in [1.807, 2.05) is 0 Å². The molecule has 0 aliphatic carbocycles. The van der Waals surface area contributed by atoms with E-state index in [-0.39, 0.29) is 17.6 Å². The topological polar surface area (TPSA) is 76.7 Å². The van der Waals surface area contributed by atoms with Crippen LogP contribution in [0, 0.1) is 11.6 Å². The summed E-state index contributed by atoms with van der Waals surface area (Å²) >= 11 is 0. The zero-order valence-corrected chi connectivity index (χ0v) is 7.98. The number of aromatic nitrogens is 3. The number of anilines is 3. The molecule has 2 rings (SSSR count). The number of nitrogens with two attached hydrogens (primary N) is 1. The maximum absolute atomic E-state index is 13.2. The summed E-state index contributed by atoms with van der Waals surface area (Å²) in [5.74, 6) is -1.28. The molecule has 1 aromatic heterocycles. The summed E-state index contributed by atoms with van der Waals surface area (Å²) in [7, 11) is 0. The van der Waals surface area contributed by atoms with Crippen LogP contribution in [0.15, 0.2) is 24.5 Å². The fraction of sp³-hybridized carbons (Fsp3) is 0. The van der Waals surface area contributed by atoms with Crippen LogP contribution in [-0.4, -0.2) is 15.0 Å². The van der Waals surface area contributed by atoms with Crippen LogP contribution in [0.3, 0.4) is 0 Å². The summed E-state index contributed by atoms with van der Waals surface area (Å²) in [6.07, 6.45) is 1.19. The van der Waals surface area contributed by atoms with Gasteiger partial charge in [-0.05, 0) is 12.1 Å². The molecule has 2 aromatic rings. The van der Waals surface area contributed by atoms with Crippen molar-refractivity contribution in [2.75, 3.05) is 11.1 Å². The average molecular weight is 223 g/mol. The fourth-order valence-electron chi connectivity index (χ4n) is 1.08. The fourth-order valence-corrected chi connectivity index (χ4v) is 1.08. The largest absolute Gasteiger partial charge is 0.368 e. The minimum Gasteiger partial charge on any atom is -0.368 e. The molecule has 0 bridgehead atoms. The van der Waals surface area contributed by atoms with Crippen molar-refractivity contribution in [1.82, 2.24) is 15.0 Å². The lowest BCUT2D eigenvalue weighted by atomic mass is 10.3. The number of halogens is 2. The van der Waals surface area contributed by atoms with Crippen molar-refractivity contribution in [3.05, 3.63) is 36.2 Å². The Morgan fingerprint density at radius 2 is 2.00 bits per heavy atom.